The standard InChI is InChI=1S/C15H23N3O4/c1-15(2,3)18-12(19)7-11(14(20)21)13(18)10-8-16-17(9-10)5-6-22-4/h8-9,11,13H,5-7H2,1-4H3,(H,20,21)/t11-,13+/m1/s1. The molecule has 122 valence electrons. The van der Waals surface area contributed by atoms with E-state index in [-0.39, 0.29) is 12.3 Å². The van der Waals surface area contributed by atoms with Crippen LogP contribution in [-0.2, 0) is 20.9 Å². The SMILES string of the molecule is COCCn1cc([C@H]2[C@H](C(=O)O)CC(=O)N2C(C)(C)C)cn1. The van der Waals surface area contributed by atoms with Crippen LogP contribution in [0, 0.1) is 5.92 Å². The highest BCUT2D eigenvalue weighted by Gasteiger charge is 2.49. The van der Waals surface area contributed by atoms with E-state index < -0.39 is 23.5 Å². The lowest BCUT2D eigenvalue weighted by molar-refractivity contribution is -0.142. The van der Waals surface area contributed by atoms with Gasteiger partial charge in [-0.3, -0.25) is 14.3 Å². The summed E-state index contributed by atoms with van der Waals surface area (Å²) in [6, 6.07) is -0.485. The third-order valence-electron chi connectivity index (χ3n) is 3.88. The zero-order valence-electron chi connectivity index (χ0n) is 13.4. The van der Waals surface area contributed by atoms with E-state index in [1.807, 2.05) is 20.8 Å². The van der Waals surface area contributed by atoms with E-state index in [1.165, 1.54) is 0 Å². The van der Waals surface area contributed by atoms with Crippen molar-refractivity contribution in [1.82, 2.24) is 14.7 Å². The maximum Gasteiger partial charge on any atom is 0.309 e. The maximum atomic E-state index is 12.3. The van der Waals surface area contributed by atoms with Gasteiger partial charge in [0.15, 0.2) is 0 Å². The van der Waals surface area contributed by atoms with Gasteiger partial charge in [-0.2, -0.15) is 5.10 Å². The van der Waals surface area contributed by atoms with Crippen molar-refractivity contribution in [3.8, 4) is 0 Å². The number of methoxy groups -OCH3 is 1. The lowest BCUT2D eigenvalue weighted by Crippen LogP contribution is -2.44. The number of likely N-dealkylation sites (tertiary alicyclic amines) is 1. The quantitative estimate of drug-likeness (QED) is 0.886. The molecule has 1 aromatic heterocycles. The fourth-order valence-corrected chi connectivity index (χ4v) is 2.97. The molecular weight excluding hydrogens is 286 g/mol. The number of carbonyl (C=O) groups is 2. The van der Waals surface area contributed by atoms with Gasteiger partial charge >= 0.3 is 5.97 Å². The molecule has 1 fully saturated rings. The van der Waals surface area contributed by atoms with Crippen LogP contribution in [-0.4, -0.2) is 50.9 Å². The highest BCUT2D eigenvalue weighted by Crippen LogP contribution is 2.42. The Morgan fingerprint density at radius 3 is 2.73 bits per heavy atom. The third-order valence-corrected chi connectivity index (χ3v) is 3.88. The van der Waals surface area contributed by atoms with Crippen molar-refractivity contribution in [1.29, 1.82) is 0 Å². The second kappa shape index (κ2) is 6.08. The highest BCUT2D eigenvalue weighted by atomic mass is 16.5. The van der Waals surface area contributed by atoms with E-state index in [0.29, 0.717) is 13.2 Å². The predicted molar refractivity (Wildman–Crippen MR) is 79.2 cm³/mol. The van der Waals surface area contributed by atoms with Crippen LogP contribution in [0.15, 0.2) is 12.4 Å². The average molecular weight is 309 g/mol. The number of hydrogen-bond acceptors (Lipinski definition) is 4. The van der Waals surface area contributed by atoms with Crippen molar-refractivity contribution in [2.24, 2.45) is 5.92 Å². The van der Waals surface area contributed by atoms with Crippen LogP contribution in [0.3, 0.4) is 0 Å². The molecule has 1 amide bonds. The molecular formula is C15H23N3O4. The summed E-state index contributed by atoms with van der Waals surface area (Å²) in [5.41, 5.74) is 0.310. The molecule has 22 heavy (non-hydrogen) atoms. The summed E-state index contributed by atoms with van der Waals surface area (Å²) < 4.78 is 6.72. The van der Waals surface area contributed by atoms with Gasteiger partial charge in [-0.05, 0) is 20.8 Å². The molecule has 1 saturated heterocycles. The molecule has 2 heterocycles. The van der Waals surface area contributed by atoms with Crippen molar-refractivity contribution < 1.29 is 19.4 Å². The fourth-order valence-electron chi connectivity index (χ4n) is 2.97. The lowest BCUT2D eigenvalue weighted by Gasteiger charge is -2.37. The van der Waals surface area contributed by atoms with E-state index in [1.54, 1.807) is 29.1 Å². The van der Waals surface area contributed by atoms with Gasteiger partial charge in [0.2, 0.25) is 5.91 Å². The number of carboxylic acids is 1. The van der Waals surface area contributed by atoms with Crippen LogP contribution < -0.4 is 0 Å². The summed E-state index contributed by atoms with van der Waals surface area (Å²) in [6.07, 6.45) is 3.48. The number of carbonyl (C=O) groups excluding carboxylic acids is 1. The summed E-state index contributed by atoms with van der Waals surface area (Å²) in [7, 11) is 1.61. The van der Waals surface area contributed by atoms with Crippen molar-refractivity contribution in [3.63, 3.8) is 0 Å². The maximum absolute atomic E-state index is 12.3. The van der Waals surface area contributed by atoms with Crippen LogP contribution >= 0.6 is 0 Å². The molecule has 0 saturated carbocycles. The molecule has 1 aliphatic rings. The molecule has 0 radical (unpaired) electrons. The van der Waals surface area contributed by atoms with Crippen LogP contribution in [0.2, 0.25) is 0 Å². The number of ether oxygens (including phenoxy) is 1. The zero-order chi connectivity index (χ0) is 16.5. The first-order chi connectivity index (χ1) is 10.3. The number of nitrogens with zero attached hydrogens (tertiary/aromatic N) is 3. The Balaban J connectivity index is 2.35. The molecule has 7 nitrogen and oxygen atoms in total. The molecule has 0 aliphatic carbocycles. The third kappa shape index (κ3) is 3.14. The Morgan fingerprint density at radius 2 is 2.18 bits per heavy atom. The van der Waals surface area contributed by atoms with Crippen LogP contribution in [0.1, 0.15) is 38.8 Å². The molecule has 0 unspecified atom stereocenters. The number of carboxylic acid groups (broad SMARTS) is 1. The molecule has 1 aliphatic heterocycles. The summed E-state index contributed by atoms with van der Waals surface area (Å²) in [5.74, 6) is -1.82. The molecule has 0 spiro atoms. The van der Waals surface area contributed by atoms with Crippen LogP contribution in [0.5, 0.6) is 0 Å². The lowest BCUT2D eigenvalue weighted by atomic mass is 9.93. The van der Waals surface area contributed by atoms with E-state index in [0.717, 1.165) is 5.56 Å². The van der Waals surface area contributed by atoms with Gasteiger partial charge in [0.05, 0.1) is 31.3 Å². The highest BCUT2D eigenvalue weighted by molar-refractivity contribution is 5.87. The first kappa shape index (κ1) is 16.5. The molecule has 2 rings (SSSR count). The number of aliphatic carboxylic acids is 1. The first-order valence-corrected chi connectivity index (χ1v) is 7.32. The Bertz CT molecular complexity index is 561. The van der Waals surface area contributed by atoms with E-state index in [4.69, 9.17) is 4.74 Å². The van der Waals surface area contributed by atoms with Gasteiger partial charge in [0.1, 0.15) is 0 Å². The minimum Gasteiger partial charge on any atom is -0.481 e. The molecule has 2 atom stereocenters. The second-order valence-electron chi connectivity index (χ2n) is 6.56. The normalized spacial score (nSPS) is 22.4. The monoisotopic (exact) mass is 309 g/mol. The first-order valence-electron chi connectivity index (χ1n) is 7.32. The Labute approximate surface area is 129 Å². The zero-order valence-corrected chi connectivity index (χ0v) is 13.4. The van der Waals surface area contributed by atoms with Gasteiger partial charge in [0, 0.05) is 30.8 Å². The Hall–Kier alpha value is -1.89. The van der Waals surface area contributed by atoms with E-state index in [9.17, 15) is 14.7 Å². The smallest absolute Gasteiger partial charge is 0.309 e. The summed E-state index contributed by atoms with van der Waals surface area (Å²) in [5, 5.41) is 13.7. The number of rotatable bonds is 5. The van der Waals surface area contributed by atoms with Gasteiger partial charge < -0.3 is 14.7 Å². The summed E-state index contributed by atoms with van der Waals surface area (Å²) in [6.45, 7) is 6.85. The Morgan fingerprint density at radius 1 is 1.50 bits per heavy atom. The van der Waals surface area contributed by atoms with E-state index >= 15 is 0 Å². The summed E-state index contributed by atoms with van der Waals surface area (Å²) in [4.78, 5) is 25.5. The largest absolute Gasteiger partial charge is 0.481 e. The van der Waals surface area contributed by atoms with Crippen molar-refractivity contribution >= 4 is 11.9 Å². The van der Waals surface area contributed by atoms with Gasteiger partial charge in [0.25, 0.3) is 0 Å². The van der Waals surface area contributed by atoms with Gasteiger partial charge in [-0.25, -0.2) is 0 Å². The molecule has 0 aromatic carbocycles. The van der Waals surface area contributed by atoms with Crippen LogP contribution in [0.25, 0.3) is 0 Å². The fraction of sp³-hybridized carbons (Fsp3) is 0.667. The minimum atomic E-state index is -0.949. The molecule has 1 N–H and O–H groups in total. The minimum absolute atomic E-state index is 0.0283. The molecule has 0 bridgehead atoms. The Kier molecular flexibility index (Phi) is 4.55. The van der Waals surface area contributed by atoms with Gasteiger partial charge in [-0.1, -0.05) is 0 Å². The molecule has 1 aromatic rings. The number of amides is 1. The molecule has 7 heteroatoms. The summed E-state index contributed by atoms with van der Waals surface area (Å²) >= 11 is 0. The average Bonchev–Trinajstić information content (AvgIpc) is 2.99. The number of aromatic nitrogens is 2. The van der Waals surface area contributed by atoms with Crippen LogP contribution in [0.4, 0.5) is 0 Å². The van der Waals surface area contributed by atoms with Crippen molar-refractivity contribution in [2.75, 3.05) is 13.7 Å². The van der Waals surface area contributed by atoms with Crippen molar-refractivity contribution in [3.05, 3.63) is 18.0 Å². The topological polar surface area (TPSA) is 84.7 Å². The second-order valence-corrected chi connectivity index (χ2v) is 6.56. The van der Waals surface area contributed by atoms with E-state index in [2.05, 4.69) is 5.10 Å². The van der Waals surface area contributed by atoms with Gasteiger partial charge in [-0.15, -0.1) is 0 Å². The predicted octanol–water partition coefficient (Wildman–Crippen LogP) is 1.30. The number of hydrogen-bond donors (Lipinski definition) is 1. The van der Waals surface area contributed by atoms with Crippen molar-refractivity contribution in [2.45, 2.75) is 45.3 Å².